The van der Waals surface area contributed by atoms with Gasteiger partial charge in [-0.1, -0.05) is 212 Å². The molecule has 0 aliphatic heterocycles. The number of hydrogen-bond donors (Lipinski definition) is 0. The van der Waals surface area contributed by atoms with Crippen LogP contribution in [-0.4, -0.2) is 24.1 Å². The van der Waals surface area contributed by atoms with Crippen molar-refractivity contribution in [3.8, 4) is 67.8 Å². The first-order valence-electron chi connectivity index (χ1n) is 25.2. The summed E-state index contributed by atoms with van der Waals surface area (Å²) in [4.78, 5) is 15.9. The van der Waals surface area contributed by atoms with Gasteiger partial charge in [0, 0.05) is 38.4 Å². The van der Waals surface area contributed by atoms with Gasteiger partial charge in [-0.3, -0.25) is 4.57 Å². The summed E-state index contributed by atoms with van der Waals surface area (Å²) >= 11 is 0. The first-order chi connectivity index (χ1) is 36.7. The zero-order chi connectivity index (χ0) is 48.7. The number of nitrogens with zero attached hydrogens (tertiary/aromatic N) is 5. The van der Waals surface area contributed by atoms with Crippen LogP contribution in [-0.2, 0) is 0 Å². The topological polar surface area (TPSA) is 48.5 Å². The van der Waals surface area contributed by atoms with Crippen LogP contribution in [0.1, 0.15) is 0 Å². The molecule has 5 nitrogen and oxygen atoms in total. The van der Waals surface area contributed by atoms with Gasteiger partial charge in [-0.05, 0) is 114 Å². The van der Waals surface area contributed by atoms with Crippen molar-refractivity contribution >= 4 is 75.9 Å². The predicted molar refractivity (Wildman–Crippen MR) is 308 cm³/mol. The third-order valence-electron chi connectivity index (χ3n) is 14.9. The van der Waals surface area contributed by atoms with Crippen LogP contribution in [0.2, 0.25) is 0 Å². The molecule has 0 aliphatic carbocycles. The Kier molecular flexibility index (Phi) is 9.50. The van der Waals surface area contributed by atoms with E-state index in [1.165, 1.54) is 59.8 Å². The molecule has 15 rings (SSSR count). The second-order valence-corrected chi connectivity index (χ2v) is 19.2. The molecular formula is C69H43N5. The molecule has 0 spiro atoms. The summed E-state index contributed by atoms with van der Waals surface area (Å²) in [7, 11) is 0. The zero-order valence-corrected chi connectivity index (χ0v) is 40.1. The maximum Gasteiger partial charge on any atom is 0.238 e. The van der Waals surface area contributed by atoms with Gasteiger partial charge in [0.2, 0.25) is 5.95 Å². The molecule has 0 saturated carbocycles. The van der Waals surface area contributed by atoms with Crippen LogP contribution >= 0.6 is 0 Å². The van der Waals surface area contributed by atoms with E-state index in [1.54, 1.807) is 0 Å². The second-order valence-electron chi connectivity index (χ2n) is 19.2. The molecule has 0 radical (unpaired) electrons. The quantitative estimate of drug-likeness (QED) is 0.150. The predicted octanol–water partition coefficient (Wildman–Crippen LogP) is 17.9. The number of para-hydroxylation sites is 2. The lowest BCUT2D eigenvalue weighted by molar-refractivity contribution is 0.953. The lowest BCUT2D eigenvalue weighted by atomic mass is 9.92. The Morgan fingerprint density at radius 1 is 0.203 bits per heavy atom. The van der Waals surface area contributed by atoms with E-state index in [1.807, 2.05) is 18.2 Å². The highest BCUT2D eigenvalue weighted by Crippen LogP contribution is 2.42. The average molecular weight is 942 g/mol. The lowest BCUT2D eigenvalue weighted by Crippen LogP contribution is -2.06. The number of fused-ring (bicyclic) bond motifs is 12. The Bertz CT molecular complexity index is 4670. The van der Waals surface area contributed by atoms with Crippen LogP contribution in [0.5, 0.6) is 0 Å². The highest BCUT2D eigenvalue weighted by atomic mass is 15.2. The van der Waals surface area contributed by atoms with E-state index in [-0.39, 0.29) is 0 Å². The molecule has 15 aromatic rings. The molecule has 5 heteroatoms. The Balaban J connectivity index is 0.902. The molecule has 0 fully saturated rings. The first kappa shape index (κ1) is 41.8. The van der Waals surface area contributed by atoms with Gasteiger partial charge in [-0.2, -0.15) is 9.97 Å². The van der Waals surface area contributed by atoms with Crippen molar-refractivity contribution < 1.29 is 0 Å². The number of hydrogen-bond acceptors (Lipinski definition) is 3. The van der Waals surface area contributed by atoms with Crippen molar-refractivity contribution in [2.45, 2.75) is 0 Å². The molecule has 344 valence electrons. The largest absolute Gasteiger partial charge is 0.309 e. The second kappa shape index (κ2) is 16.8. The molecule has 3 heterocycles. The first-order valence-corrected chi connectivity index (χ1v) is 25.2. The Morgan fingerprint density at radius 3 is 1.23 bits per heavy atom. The van der Waals surface area contributed by atoms with Gasteiger partial charge in [0.15, 0.2) is 11.6 Å². The van der Waals surface area contributed by atoms with Crippen molar-refractivity contribution in [3.05, 3.63) is 261 Å². The molecule has 0 amide bonds. The minimum Gasteiger partial charge on any atom is -0.309 e. The summed E-state index contributed by atoms with van der Waals surface area (Å²) in [5.41, 5.74) is 14.2. The molecule has 0 aliphatic rings. The van der Waals surface area contributed by atoms with Crippen molar-refractivity contribution in [2.24, 2.45) is 0 Å². The standard InChI is InChI=1S/C69H43N5/c1-3-17-44(18-4-1)48-21-15-22-49(39-48)45-33-35-47(36-34-45)68-70-67(46-19-5-2-6-20-46)71-69(72-68)74-64-32-14-12-30-59(64)62-42-61-58-29-11-13-31-63(58)73(65(61)43-66(62)74)52-24-16-23-50(40-52)51-37-38-57-55-27-8-7-25-53(55)54-26-9-10-28-56(54)60(57)41-51/h1-43H. The van der Waals surface area contributed by atoms with Gasteiger partial charge in [-0.25, -0.2) is 4.98 Å². The van der Waals surface area contributed by atoms with E-state index in [4.69, 9.17) is 15.0 Å². The van der Waals surface area contributed by atoms with Crippen LogP contribution in [0.15, 0.2) is 261 Å². The van der Waals surface area contributed by atoms with Crippen LogP contribution < -0.4 is 0 Å². The molecule has 0 unspecified atom stereocenters. The maximum absolute atomic E-state index is 5.37. The highest BCUT2D eigenvalue weighted by molar-refractivity contribution is 6.26. The normalized spacial score (nSPS) is 11.8. The summed E-state index contributed by atoms with van der Waals surface area (Å²) in [6.07, 6.45) is 0. The fourth-order valence-corrected chi connectivity index (χ4v) is 11.5. The maximum atomic E-state index is 5.37. The van der Waals surface area contributed by atoms with E-state index < -0.39 is 0 Å². The van der Waals surface area contributed by atoms with Crippen LogP contribution in [0.25, 0.3) is 144 Å². The van der Waals surface area contributed by atoms with Crippen LogP contribution in [0.4, 0.5) is 0 Å². The molecular weight excluding hydrogens is 899 g/mol. The third-order valence-corrected chi connectivity index (χ3v) is 14.9. The zero-order valence-electron chi connectivity index (χ0n) is 40.1. The van der Waals surface area contributed by atoms with Crippen molar-refractivity contribution in [2.75, 3.05) is 0 Å². The van der Waals surface area contributed by atoms with Gasteiger partial charge >= 0.3 is 0 Å². The number of rotatable bonds is 7. The van der Waals surface area contributed by atoms with E-state index in [0.717, 1.165) is 66.3 Å². The van der Waals surface area contributed by atoms with Gasteiger partial charge < -0.3 is 4.57 Å². The fraction of sp³-hybridized carbons (Fsp3) is 0. The Morgan fingerprint density at radius 2 is 0.608 bits per heavy atom. The summed E-state index contributed by atoms with van der Waals surface area (Å²) in [6.45, 7) is 0. The number of benzene rings is 12. The minimum atomic E-state index is 0.556. The molecule has 0 saturated heterocycles. The molecule has 0 bridgehead atoms. The molecule has 0 N–H and O–H groups in total. The number of aromatic nitrogens is 5. The smallest absolute Gasteiger partial charge is 0.238 e. The van der Waals surface area contributed by atoms with Crippen molar-refractivity contribution in [1.82, 2.24) is 24.1 Å². The third kappa shape index (κ3) is 6.75. The summed E-state index contributed by atoms with van der Waals surface area (Å²) in [6, 6.07) is 93.6. The summed E-state index contributed by atoms with van der Waals surface area (Å²) in [5.74, 6) is 1.77. The fourth-order valence-electron chi connectivity index (χ4n) is 11.5. The van der Waals surface area contributed by atoms with Crippen LogP contribution in [0.3, 0.4) is 0 Å². The molecule has 0 atom stereocenters. The monoisotopic (exact) mass is 941 g/mol. The van der Waals surface area contributed by atoms with E-state index >= 15 is 0 Å². The van der Waals surface area contributed by atoms with Gasteiger partial charge in [0.25, 0.3) is 0 Å². The van der Waals surface area contributed by atoms with Gasteiger partial charge in [0.1, 0.15) is 0 Å². The molecule has 3 aromatic heterocycles. The summed E-state index contributed by atoms with van der Waals surface area (Å²) < 4.78 is 4.65. The minimum absolute atomic E-state index is 0.556. The van der Waals surface area contributed by atoms with E-state index in [0.29, 0.717) is 17.6 Å². The lowest BCUT2D eigenvalue weighted by Gasteiger charge is -2.14. The Hall–Kier alpha value is -9.97. The van der Waals surface area contributed by atoms with E-state index in [2.05, 4.69) is 252 Å². The molecule has 74 heavy (non-hydrogen) atoms. The van der Waals surface area contributed by atoms with Gasteiger partial charge in [0.05, 0.1) is 22.1 Å². The average Bonchev–Trinajstić information content (AvgIpc) is 4.01. The summed E-state index contributed by atoms with van der Waals surface area (Å²) in [5, 5.41) is 12.3. The Labute approximate surface area is 426 Å². The van der Waals surface area contributed by atoms with Crippen LogP contribution in [0, 0.1) is 0 Å². The highest BCUT2D eigenvalue weighted by Gasteiger charge is 2.22. The van der Waals surface area contributed by atoms with E-state index in [9.17, 15) is 0 Å². The SMILES string of the molecule is c1ccc(-c2cccc(-c3ccc(-c4nc(-c5ccccc5)nc(-n5c6ccccc6c6cc7c8ccccc8n(-c8cccc(-c9ccc%10c%11ccccc%11c%11ccccc%11c%10c9)c8)c7cc65)n4)cc3)c2)cc1. The van der Waals surface area contributed by atoms with Gasteiger partial charge in [-0.15, -0.1) is 0 Å². The molecule has 12 aromatic carbocycles. The van der Waals surface area contributed by atoms with Crippen molar-refractivity contribution in [1.29, 1.82) is 0 Å². The van der Waals surface area contributed by atoms with Crippen molar-refractivity contribution in [3.63, 3.8) is 0 Å².